The summed E-state index contributed by atoms with van der Waals surface area (Å²) < 4.78 is 2.26. The Balaban J connectivity index is 1.76. The van der Waals surface area contributed by atoms with E-state index in [4.69, 9.17) is 4.98 Å². The average molecular weight is 257 g/mol. The van der Waals surface area contributed by atoms with E-state index in [1.54, 1.807) is 6.33 Å². The Kier molecular flexibility index (Phi) is 2.64. The molecular formula is C14H19N5. The molecule has 0 spiro atoms. The zero-order valence-electron chi connectivity index (χ0n) is 11.1. The molecular weight excluding hydrogens is 238 g/mol. The smallest absolute Gasteiger partial charge is 0.165 e. The fraction of sp³-hybridized carbons (Fsp3) is 0.643. The van der Waals surface area contributed by atoms with E-state index in [9.17, 15) is 0 Å². The Morgan fingerprint density at radius 3 is 2.89 bits per heavy atom. The summed E-state index contributed by atoms with van der Waals surface area (Å²) in [6.45, 7) is 1.05. The van der Waals surface area contributed by atoms with Crippen LogP contribution in [0.15, 0.2) is 6.33 Å². The van der Waals surface area contributed by atoms with Crippen molar-refractivity contribution in [3.05, 3.63) is 12.2 Å². The molecule has 0 unspecified atom stereocenters. The summed E-state index contributed by atoms with van der Waals surface area (Å²) in [7, 11) is 0. The molecule has 1 aliphatic carbocycles. The van der Waals surface area contributed by atoms with E-state index in [2.05, 4.69) is 19.9 Å². The lowest BCUT2D eigenvalue weighted by atomic mass is 10.2. The summed E-state index contributed by atoms with van der Waals surface area (Å²) in [4.78, 5) is 13.6. The van der Waals surface area contributed by atoms with E-state index >= 15 is 0 Å². The first kappa shape index (κ1) is 11.2. The molecule has 19 heavy (non-hydrogen) atoms. The Hall–Kier alpha value is -1.65. The zero-order valence-corrected chi connectivity index (χ0v) is 11.1. The number of rotatable bonds is 2. The number of nitrogens with one attached hydrogen (secondary N) is 1. The minimum Gasteiger partial charge on any atom is -0.365 e. The Morgan fingerprint density at radius 2 is 2.00 bits per heavy atom. The Morgan fingerprint density at radius 1 is 1.11 bits per heavy atom. The second-order valence-corrected chi connectivity index (χ2v) is 5.66. The first-order valence-corrected chi connectivity index (χ1v) is 7.38. The molecule has 1 aliphatic heterocycles. The lowest BCUT2D eigenvalue weighted by Crippen LogP contribution is -2.16. The van der Waals surface area contributed by atoms with Gasteiger partial charge < -0.3 is 9.88 Å². The molecule has 0 amide bonds. The number of aromatic nitrogens is 4. The third-order valence-corrected chi connectivity index (χ3v) is 4.34. The number of hydrogen-bond acceptors (Lipinski definition) is 4. The summed E-state index contributed by atoms with van der Waals surface area (Å²) in [5.41, 5.74) is 1.97. The molecule has 1 N–H and O–H groups in total. The van der Waals surface area contributed by atoms with Gasteiger partial charge in [-0.05, 0) is 25.7 Å². The summed E-state index contributed by atoms with van der Waals surface area (Å²) >= 11 is 0. The van der Waals surface area contributed by atoms with Crippen LogP contribution in [-0.4, -0.2) is 25.6 Å². The van der Waals surface area contributed by atoms with Crippen molar-refractivity contribution >= 4 is 17.0 Å². The van der Waals surface area contributed by atoms with Crippen LogP contribution in [-0.2, 0) is 13.0 Å². The normalized spacial score (nSPS) is 19.8. The van der Waals surface area contributed by atoms with E-state index in [-0.39, 0.29) is 0 Å². The molecule has 3 heterocycles. The van der Waals surface area contributed by atoms with E-state index in [1.807, 2.05) is 0 Å². The maximum atomic E-state index is 4.77. The van der Waals surface area contributed by atoms with Crippen LogP contribution in [0.2, 0.25) is 0 Å². The Bertz CT molecular complexity index is 597. The van der Waals surface area contributed by atoms with E-state index in [0.717, 1.165) is 29.9 Å². The maximum absolute atomic E-state index is 4.77. The molecule has 2 aromatic rings. The minimum atomic E-state index is 0.567. The number of anilines is 1. The molecule has 4 rings (SSSR count). The van der Waals surface area contributed by atoms with Crippen molar-refractivity contribution in [3.63, 3.8) is 0 Å². The molecule has 1 fully saturated rings. The second kappa shape index (κ2) is 4.47. The van der Waals surface area contributed by atoms with Crippen LogP contribution in [0.3, 0.4) is 0 Å². The van der Waals surface area contributed by atoms with Gasteiger partial charge in [0, 0.05) is 19.0 Å². The monoisotopic (exact) mass is 257 g/mol. The highest BCUT2D eigenvalue weighted by atomic mass is 15.2. The predicted octanol–water partition coefficient (Wildman–Crippen LogP) is 2.52. The highest BCUT2D eigenvalue weighted by Crippen LogP contribution is 2.27. The quantitative estimate of drug-likeness (QED) is 0.898. The van der Waals surface area contributed by atoms with Crippen LogP contribution in [0, 0.1) is 0 Å². The molecule has 5 heteroatoms. The second-order valence-electron chi connectivity index (χ2n) is 5.66. The van der Waals surface area contributed by atoms with Crippen molar-refractivity contribution in [2.24, 2.45) is 0 Å². The van der Waals surface area contributed by atoms with Gasteiger partial charge in [0.2, 0.25) is 0 Å². The summed E-state index contributed by atoms with van der Waals surface area (Å²) in [6.07, 6.45) is 10.4. The van der Waals surface area contributed by atoms with Gasteiger partial charge in [-0.1, -0.05) is 12.8 Å². The Labute approximate surface area is 112 Å². The molecule has 0 radical (unpaired) electrons. The van der Waals surface area contributed by atoms with Crippen molar-refractivity contribution < 1.29 is 0 Å². The SMILES string of the molecule is c1nc(NC2CCCC2)c2nc3n(c2n1)CCCC3. The summed E-state index contributed by atoms with van der Waals surface area (Å²) in [5, 5.41) is 3.57. The fourth-order valence-electron chi connectivity index (χ4n) is 3.33. The van der Waals surface area contributed by atoms with Crippen LogP contribution in [0.1, 0.15) is 44.3 Å². The molecule has 100 valence electrons. The van der Waals surface area contributed by atoms with E-state index in [0.29, 0.717) is 6.04 Å². The first-order chi connectivity index (χ1) is 9.42. The average Bonchev–Trinajstić information content (AvgIpc) is 3.06. The zero-order chi connectivity index (χ0) is 12.7. The van der Waals surface area contributed by atoms with Gasteiger partial charge in [-0.2, -0.15) is 0 Å². The summed E-state index contributed by atoms with van der Waals surface area (Å²) in [5.74, 6) is 2.11. The number of hydrogen-bond donors (Lipinski definition) is 1. The molecule has 0 saturated heterocycles. The van der Waals surface area contributed by atoms with Gasteiger partial charge in [0.05, 0.1) is 0 Å². The van der Waals surface area contributed by atoms with Crippen LogP contribution in [0.5, 0.6) is 0 Å². The number of nitrogens with zero attached hydrogens (tertiary/aromatic N) is 4. The van der Waals surface area contributed by atoms with Crippen molar-refractivity contribution in [1.29, 1.82) is 0 Å². The molecule has 2 aromatic heterocycles. The largest absolute Gasteiger partial charge is 0.365 e. The van der Waals surface area contributed by atoms with Crippen LogP contribution in [0.4, 0.5) is 5.82 Å². The van der Waals surface area contributed by atoms with Crippen LogP contribution in [0.25, 0.3) is 11.2 Å². The van der Waals surface area contributed by atoms with E-state index < -0.39 is 0 Å². The number of fused-ring (bicyclic) bond motifs is 3. The molecule has 0 aromatic carbocycles. The highest BCUT2D eigenvalue weighted by Gasteiger charge is 2.21. The first-order valence-electron chi connectivity index (χ1n) is 7.38. The number of aryl methyl sites for hydroxylation is 2. The van der Waals surface area contributed by atoms with Gasteiger partial charge in [0.1, 0.15) is 12.2 Å². The molecule has 1 saturated carbocycles. The maximum Gasteiger partial charge on any atom is 0.165 e. The van der Waals surface area contributed by atoms with Gasteiger partial charge in [-0.15, -0.1) is 0 Å². The highest BCUT2D eigenvalue weighted by molar-refractivity contribution is 5.83. The standard InChI is InChI=1S/C14H19N5/c1-2-6-10(5-1)17-13-12-14(16-9-15-13)19-8-4-3-7-11(19)18-12/h9-10H,1-8H2,(H,15,16,17). The molecule has 5 nitrogen and oxygen atoms in total. The van der Waals surface area contributed by atoms with E-state index in [1.165, 1.54) is 44.3 Å². The fourth-order valence-corrected chi connectivity index (χ4v) is 3.33. The number of imidazole rings is 1. The lowest BCUT2D eigenvalue weighted by molar-refractivity contribution is 0.530. The third kappa shape index (κ3) is 1.88. The van der Waals surface area contributed by atoms with Crippen LogP contribution < -0.4 is 5.32 Å². The van der Waals surface area contributed by atoms with Crippen molar-refractivity contribution in [2.75, 3.05) is 5.32 Å². The van der Waals surface area contributed by atoms with Gasteiger partial charge in [0.25, 0.3) is 0 Å². The van der Waals surface area contributed by atoms with Gasteiger partial charge in [-0.25, -0.2) is 15.0 Å². The van der Waals surface area contributed by atoms with Gasteiger partial charge in [-0.3, -0.25) is 0 Å². The lowest BCUT2D eigenvalue weighted by Gasteiger charge is -2.13. The summed E-state index contributed by atoms with van der Waals surface area (Å²) in [6, 6.07) is 0.567. The van der Waals surface area contributed by atoms with Crippen LogP contribution >= 0.6 is 0 Å². The van der Waals surface area contributed by atoms with Crippen molar-refractivity contribution in [1.82, 2.24) is 19.5 Å². The minimum absolute atomic E-state index is 0.567. The topological polar surface area (TPSA) is 55.6 Å². The van der Waals surface area contributed by atoms with Crippen molar-refractivity contribution in [3.8, 4) is 0 Å². The third-order valence-electron chi connectivity index (χ3n) is 4.34. The molecule has 2 aliphatic rings. The van der Waals surface area contributed by atoms with Gasteiger partial charge >= 0.3 is 0 Å². The molecule has 0 bridgehead atoms. The van der Waals surface area contributed by atoms with Crippen molar-refractivity contribution in [2.45, 2.75) is 57.5 Å². The predicted molar refractivity (Wildman–Crippen MR) is 74.1 cm³/mol. The van der Waals surface area contributed by atoms with Gasteiger partial charge in [0.15, 0.2) is 17.0 Å². The molecule has 0 atom stereocenters.